The van der Waals surface area contributed by atoms with Gasteiger partial charge in [0.05, 0.1) is 12.0 Å². The Morgan fingerprint density at radius 3 is 2.53 bits per heavy atom. The van der Waals surface area contributed by atoms with Gasteiger partial charge in [-0.3, -0.25) is 0 Å². The third-order valence-electron chi connectivity index (χ3n) is 1.82. The van der Waals surface area contributed by atoms with Gasteiger partial charge in [-0.25, -0.2) is 9.18 Å². The first-order chi connectivity index (χ1) is 7.79. The largest absolute Gasteiger partial charge is 0.478 e. The number of benzene rings is 1. The average molecular weight is 268 g/mol. The van der Waals surface area contributed by atoms with Crippen molar-refractivity contribution in [2.45, 2.75) is 17.5 Å². The van der Waals surface area contributed by atoms with Crippen LogP contribution in [0.2, 0.25) is 0 Å². The molecule has 1 aromatic carbocycles. The van der Waals surface area contributed by atoms with Crippen LogP contribution in [-0.2, 0) is 0 Å². The number of alkyl halides is 3. The Kier molecular flexibility index (Phi) is 4.39. The van der Waals surface area contributed by atoms with Gasteiger partial charge in [-0.15, -0.1) is 11.8 Å². The topological polar surface area (TPSA) is 37.3 Å². The minimum atomic E-state index is -4.25. The Morgan fingerprint density at radius 2 is 2.00 bits per heavy atom. The van der Waals surface area contributed by atoms with Crippen LogP contribution in [0.25, 0.3) is 0 Å². The van der Waals surface area contributed by atoms with Gasteiger partial charge in [0.1, 0.15) is 5.82 Å². The van der Waals surface area contributed by atoms with Crippen LogP contribution in [0.15, 0.2) is 23.1 Å². The lowest BCUT2D eigenvalue weighted by atomic mass is 10.2. The summed E-state index contributed by atoms with van der Waals surface area (Å²) in [6.45, 7) is 0. The van der Waals surface area contributed by atoms with Gasteiger partial charge < -0.3 is 5.11 Å². The fourth-order valence-corrected chi connectivity index (χ4v) is 1.98. The smallest absolute Gasteiger partial charge is 0.389 e. The highest BCUT2D eigenvalue weighted by molar-refractivity contribution is 7.99. The number of hydrogen-bond donors (Lipinski definition) is 1. The summed E-state index contributed by atoms with van der Waals surface area (Å²) in [6, 6.07) is 3.21. The maximum absolute atomic E-state index is 13.0. The molecular weight excluding hydrogens is 260 g/mol. The summed E-state index contributed by atoms with van der Waals surface area (Å²) in [5.74, 6) is -2.58. The highest BCUT2D eigenvalue weighted by Gasteiger charge is 2.26. The molecule has 7 heteroatoms. The second-order valence-corrected chi connectivity index (χ2v) is 4.33. The molecule has 1 rings (SSSR count). The predicted molar refractivity (Wildman–Crippen MR) is 54.8 cm³/mol. The lowest BCUT2D eigenvalue weighted by Gasteiger charge is -2.06. The van der Waals surface area contributed by atoms with E-state index in [4.69, 9.17) is 5.11 Å². The Balaban J connectivity index is 2.67. The highest BCUT2D eigenvalue weighted by atomic mass is 32.2. The van der Waals surface area contributed by atoms with Gasteiger partial charge in [0.2, 0.25) is 0 Å². The summed E-state index contributed by atoms with van der Waals surface area (Å²) in [7, 11) is 0. The second kappa shape index (κ2) is 5.39. The van der Waals surface area contributed by atoms with Gasteiger partial charge in [-0.1, -0.05) is 0 Å². The molecule has 0 heterocycles. The molecule has 0 aliphatic rings. The predicted octanol–water partition coefficient (Wildman–Crippen LogP) is 3.57. The highest BCUT2D eigenvalue weighted by Crippen LogP contribution is 2.27. The van der Waals surface area contributed by atoms with E-state index in [1.807, 2.05) is 0 Å². The van der Waals surface area contributed by atoms with Crippen molar-refractivity contribution in [2.75, 3.05) is 5.75 Å². The fraction of sp³-hybridized carbons (Fsp3) is 0.300. The number of rotatable bonds is 4. The molecule has 1 N–H and O–H groups in total. The number of thioether (sulfide) groups is 1. The zero-order chi connectivity index (χ0) is 13.1. The van der Waals surface area contributed by atoms with Crippen LogP contribution in [0.4, 0.5) is 17.6 Å². The van der Waals surface area contributed by atoms with E-state index < -0.39 is 29.9 Å². The number of carboxylic acid groups (broad SMARTS) is 1. The molecule has 0 aromatic heterocycles. The van der Waals surface area contributed by atoms with Crippen molar-refractivity contribution in [3.05, 3.63) is 29.6 Å². The zero-order valence-electron chi connectivity index (χ0n) is 8.42. The van der Waals surface area contributed by atoms with E-state index in [-0.39, 0.29) is 5.75 Å². The van der Waals surface area contributed by atoms with Crippen molar-refractivity contribution in [2.24, 2.45) is 0 Å². The van der Waals surface area contributed by atoms with Gasteiger partial charge in [0.25, 0.3) is 0 Å². The SMILES string of the molecule is O=C(O)c1cc(SCCC(F)(F)F)ccc1F. The van der Waals surface area contributed by atoms with Crippen molar-refractivity contribution >= 4 is 17.7 Å². The molecule has 0 spiro atoms. The minimum Gasteiger partial charge on any atom is -0.478 e. The standard InChI is InChI=1S/C10H8F4O2S/c11-8-2-1-6(5-7(8)9(15)16)17-4-3-10(12,13)14/h1-2,5H,3-4H2,(H,15,16). The van der Waals surface area contributed by atoms with Gasteiger partial charge in [0.15, 0.2) is 0 Å². The Labute approximate surface area is 98.6 Å². The maximum Gasteiger partial charge on any atom is 0.389 e. The molecule has 0 saturated carbocycles. The maximum atomic E-state index is 13.0. The molecule has 0 saturated heterocycles. The quantitative estimate of drug-likeness (QED) is 0.670. The molecule has 0 aliphatic carbocycles. The summed E-state index contributed by atoms with van der Waals surface area (Å²) >= 11 is 0.838. The molecule has 17 heavy (non-hydrogen) atoms. The molecule has 0 bridgehead atoms. The number of carbonyl (C=O) groups is 1. The third kappa shape index (κ3) is 4.64. The first-order valence-corrected chi connectivity index (χ1v) is 5.50. The molecular formula is C10H8F4O2S. The lowest BCUT2D eigenvalue weighted by molar-refractivity contribution is -0.129. The molecule has 94 valence electrons. The van der Waals surface area contributed by atoms with E-state index in [9.17, 15) is 22.4 Å². The minimum absolute atomic E-state index is 0.228. The van der Waals surface area contributed by atoms with Crippen molar-refractivity contribution < 1.29 is 27.5 Å². The number of halogens is 4. The first-order valence-electron chi connectivity index (χ1n) is 4.52. The van der Waals surface area contributed by atoms with E-state index in [0.29, 0.717) is 4.90 Å². The summed E-state index contributed by atoms with van der Waals surface area (Å²) in [6.07, 6.45) is -5.22. The van der Waals surface area contributed by atoms with Crippen LogP contribution >= 0.6 is 11.8 Å². The Hall–Kier alpha value is -1.24. The van der Waals surface area contributed by atoms with Crippen LogP contribution < -0.4 is 0 Å². The monoisotopic (exact) mass is 268 g/mol. The number of hydrogen-bond acceptors (Lipinski definition) is 2. The summed E-state index contributed by atoms with van der Waals surface area (Å²) < 4.78 is 48.5. The van der Waals surface area contributed by atoms with Crippen LogP contribution in [-0.4, -0.2) is 23.0 Å². The van der Waals surface area contributed by atoms with Gasteiger partial charge in [-0.2, -0.15) is 13.2 Å². The Morgan fingerprint density at radius 1 is 1.35 bits per heavy atom. The van der Waals surface area contributed by atoms with Gasteiger partial charge in [-0.05, 0) is 18.2 Å². The molecule has 0 radical (unpaired) electrons. The van der Waals surface area contributed by atoms with Crippen LogP contribution in [0.1, 0.15) is 16.8 Å². The first kappa shape index (κ1) is 13.8. The molecule has 0 atom stereocenters. The molecule has 2 nitrogen and oxygen atoms in total. The van der Waals surface area contributed by atoms with Crippen molar-refractivity contribution in [1.82, 2.24) is 0 Å². The molecule has 0 fully saturated rings. The van der Waals surface area contributed by atoms with E-state index >= 15 is 0 Å². The van der Waals surface area contributed by atoms with Gasteiger partial charge >= 0.3 is 12.1 Å². The zero-order valence-corrected chi connectivity index (χ0v) is 9.24. The van der Waals surface area contributed by atoms with Crippen molar-refractivity contribution in [3.8, 4) is 0 Å². The van der Waals surface area contributed by atoms with E-state index in [1.54, 1.807) is 0 Å². The number of aromatic carboxylic acids is 1. The normalized spacial score (nSPS) is 11.5. The van der Waals surface area contributed by atoms with Crippen molar-refractivity contribution in [3.63, 3.8) is 0 Å². The summed E-state index contributed by atoms with van der Waals surface area (Å²) in [4.78, 5) is 10.9. The molecule has 0 unspecified atom stereocenters. The van der Waals surface area contributed by atoms with E-state index in [1.165, 1.54) is 6.07 Å². The fourth-order valence-electron chi connectivity index (χ4n) is 1.04. The molecule has 0 amide bonds. The summed E-state index contributed by atoms with van der Waals surface area (Å²) in [5.41, 5.74) is -0.540. The number of carboxylic acids is 1. The van der Waals surface area contributed by atoms with Crippen LogP contribution in [0.3, 0.4) is 0 Å². The third-order valence-corrected chi connectivity index (χ3v) is 2.82. The Bertz CT molecular complexity index is 417. The van der Waals surface area contributed by atoms with E-state index in [0.717, 1.165) is 23.9 Å². The molecule has 0 aliphatic heterocycles. The average Bonchev–Trinajstić information content (AvgIpc) is 2.18. The van der Waals surface area contributed by atoms with Gasteiger partial charge in [0, 0.05) is 10.6 Å². The lowest BCUT2D eigenvalue weighted by Crippen LogP contribution is -2.08. The summed E-state index contributed by atoms with van der Waals surface area (Å²) in [5, 5.41) is 8.62. The molecule has 1 aromatic rings. The van der Waals surface area contributed by atoms with Crippen molar-refractivity contribution in [1.29, 1.82) is 0 Å². The van der Waals surface area contributed by atoms with Crippen LogP contribution in [0.5, 0.6) is 0 Å². The second-order valence-electron chi connectivity index (χ2n) is 3.16. The van der Waals surface area contributed by atoms with E-state index in [2.05, 4.69) is 0 Å². The van der Waals surface area contributed by atoms with Crippen LogP contribution in [0, 0.1) is 5.82 Å².